The molecule has 2 aromatic rings. The van der Waals surface area contributed by atoms with Gasteiger partial charge in [-0.25, -0.2) is 9.97 Å². The highest BCUT2D eigenvalue weighted by atomic mass is 15.1. The molecular formula is C10H14N4. The van der Waals surface area contributed by atoms with Gasteiger partial charge < -0.3 is 10.3 Å². The van der Waals surface area contributed by atoms with E-state index in [1.165, 1.54) is 0 Å². The third-order valence-electron chi connectivity index (χ3n) is 2.26. The van der Waals surface area contributed by atoms with Crippen LogP contribution in [0.25, 0.3) is 11.2 Å². The van der Waals surface area contributed by atoms with Gasteiger partial charge >= 0.3 is 0 Å². The van der Waals surface area contributed by atoms with E-state index >= 15 is 0 Å². The Morgan fingerprint density at radius 3 is 3.00 bits per heavy atom. The normalized spacial score (nSPS) is 13.4. The van der Waals surface area contributed by atoms with Crippen molar-refractivity contribution in [2.75, 3.05) is 0 Å². The predicted octanol–water partition coefficient (Wildman–Crippen LogP) is 1.47. The van der Waals surface area contributed by atoms with Crippen LogP contribution in [0.3, 0.4) is 0 Å². The van der Waals surface area contributed by atoms with Crippen LogP contribution in [0.2, 0.25) is 0 Å². The molecule has 0 aromatic carbocycles. The first-order valence-electron chi connectivity index (χ1n) is 4.80. The highest BCUT2D eigenvalue weighted by molar-refractivity contribution is 5.71. The van der Waals surface area contributed by atoms with E-state index < -0.39 is 0 Å². The molecule has 74 valence electrons. The summed E-state index contributed by atoms with van der Waals surface area (Å²) >= 11 is 0. The lowest BCUT2D eigenvalue weighted by molar-refractivity contribution is 0.646. The zero-order valence-electron chi connectivity index (χ0n) is 8.44. The molecule has 1 unspecified atom stereocenters. The van der Waals surface area contributed by atoms with Crippen LogP contribution >= 0.6 is 0 Å². The molecule has 0 aliphatic carbocycles. The fraction of sp³-hybridized carbons (Fsp3) is 0.400. The van der Waals surface area contributed by atoms with Crippen LogP contribution in [0.1, 0.15) is 25.7 Å². The SMILES string of the molecule is CCn1c(C(C)N)nc2cccnc21. The number of fused-ring (bicyclic) bond motifs is 1. The molecule has 2 heterocycles. The van der Waals surface area contributed by atoms with Gasteiger partial charge in [0, 0.05) is 12.7 Å². The van der Waals surface area contributed by atoms with E-state index in [1.54, 1.807) is 6.20 Å². The monoisotopic (exact) mass is 190 g/mol. The summed E-state index contributed by atoms with van der Waals surface area (Å²) in [5.74, 6) is 0.904. The molecule has 0 fully saturated rings. The third kappa shape index (κ3) is 1.28. The first-order chi connectivity index (χ1) is 6.74. The molecule has 1 atom stereocenters. The number of aromatic nitrogens is 3. The summed E-state index contributed by atoms with van der Waals surface area (Å²) in [4.78, 5) is 8.76. The van der Waals surface area contributed by atoms with Gasteiger partial charge in [-0.1, -0.05) is 0 Å². The summed E-state index contributed by atoms with van der Waals surface area (Å²) in [6, 6.07) is 3.80. The maximum Gasteiger partial charge on any atom is 0.160 e. The van der Waals surface area contributed by atoms with Crippen molar-refractivity contribution in [2.24, 2.45) is 5.73 Å². The summed E-state index contributed by atoms with van der Waals surface area (Å²) in [7, 11) is 0. The van der Waals surface area contributed by atoms with Gasteiger partial charge in [-0.2, -0.15) is 0 Å². The van der Waals surface area contributed by atoms with Crippen LogP contribution in [0.4, 0.5) is 0 Å². The zero-order chi connectivity index (χ0) is 10.1. The van der Waals surface area contributed by atoms with Crippen LogP contribution in [-0.2, 0) is 6.54 Å². The topological polar surface area (TPSA) is 56.7 Å². The third-order valence-corrected chi connectivity index (χ3v) is 2.26. The molecule has 0 saturated heterocycles. The molecule has 0 aliphatic heterocycles. The Labute approximate surface area is 82.8 Å². The Bertz CT molecular complexity index is 444. The van der Waals surface area contributed by atoms with Crippen LogP contribution < -0.4 is 5.73 Å². The van der Waals surface area contributed by atoms with Crippen molar-refractivity contribution in [3.8, 4) is 0 Å². The highest BCUT2D eigenvalue weighted by Gasteiger charge is 2.12. The molecule has 0 amide bonds. The fourth-order valence-corrected chi connectivity index (χ4v) is 1.64. The van der Waals surface area contributed by atoms with E-state index in [0.717, 1.165) is 23.5 Å². The number of nitrogens with two attached hydrogens (primary N) is 1. The van der Waals surface area contributed by atoms with Gasteiger partial charge in [0.25, 0.3) is 0 Å². The molecule has 4 heteroatoms. The predicted molar refractivity (Wildman–Crippen MR) is 55.8 cm³/mol. The fourth-order valence-electron chi connectivity index (χ4n) is 1.64. The van der Waals surface area contributed by atoms with Gasteiger partial charge in [0.2, 0.25) is 0 Å². The number of rotatable bonds is 2. The van der Waals surface area contributed by atoms with Crippen LogP contribution in [-0.4, -0.2) is 14.5 Å². The summed E-state index contributed by atoms with van der Waals surface area (Å²) < 4.78 is 2.06. The molecule has 0 spiro atoms. The summed E-state index contributed by atoms with van der Waals surface area (Å²) in [5, 5.41) is 0. The minimum absolute atomic E-state index is 0.0517. The molecule has 0 radical (unpaired) electrons. The van der Waals surface area contributed by atoms with Gasteiger partial charge in [0.15, 0.2) is 5.65 Å². The molecule has 0 aliphatic rings. The maximum atomic E-state index is 5.84. The van der Waals surface area contributed by atoms with Crippen molar-refractivity contribution < 1.29 is 0 Å². The molecule has 0 saturated carbocycles. The average Bonchev–Trinajstić information content (AvgIpc) is 2.56. The van der Waals surface area contributed by atoms with Gasteiger partial charge in [0.05, 0.1) is 6.04 Å². The minimum Gasteiger partial charge on any atom is -0.322 e. The zero-order valence-corrected chi connectivity index (χ0v) is 8.44. The van der Waals surface area contributed by atoms with Crippen LogP contribution in [0.5, 0.6) is 0 Å². The molecule has 14 heavy (non-hydrogen) atoms. The van der Waals surface area contributed by atoms with Crippen molar-refractivity contribution in [3.63, 3.8) is 0 Å². The minimum atomic E-state index is -0.0517. The van der Waals surface area contributed by atoms with Crippen LogP contribution in [0.15, 0.2) is 18.3 Å². The van der Waals surface area contributed by atoms with E-state index in [4.69, 9.17) is 5.73 Å². The average molecular weight is 190 g/mol. The van der Waals surface area contributed by atoms with E-state index in [9.17, 15) is 0 Å². The van der Waals surface area contributed by atoms with Gasteiger partial charge in [-0.05, 0) is 26.0 Å². The lowest BCUT2D eigenvalue weighted by Gasteiger charge is -2.07. The quantitative estimate of drug-likeness (QED) is 0.780. The van der Waals surface area contributed by atoms with E-state index in [2.05, 4.69) is 21.5 Å². The smallest absolute Gasteiger partial charge is 0.160 e. The Hall–Kier alpha value is -1.42. The van der Waals surface area contributed by atoms with Crippen molar-refractivity contribution in [2.45, 2.75) is 26.4 Å². The molecule has 2 aromatic heterocycles. The maximum absolute atomic E-state index is 5.84. The highest BCUT2D eigenvalue weighted by Crippen LogP contribution is 2.16. The van der Waals surface area contributed by atoms with Crippen molar-refractivity contribution in [3.05, 3.63) is 24.2 Å². The molecule has 0 bridgehead atoms. The van der Waals surface area contributed by atoms with E-state index in [1.807, 2.05) is 19.1 Å². The van der Waals surface area contributed by atoms with E-state index in [0.29, 0.717) is 0 Å². The van der Waals surface area contributed by atoms with Crippen molar-refractivity contribution >= 4 is 11.2 Å². The van der Waals surface area contributed by atoms with Gasteiger partial charge in [0.1, 0.15) is 11.3 Å². The van der Waals surface area contributed by atoms with Crippen LogP contribution in [0, 0.1) is 0 Å². The van der Waals surface area contributed by atoms with Gasteiger partial charge in [-0.15, -0.1) is 0 Å². The van der Waals surface area contributed by atoms with Crippen molar-refractivity contribution in [1.82, 2.24) is 14.5 Å². The van der Waals surface area contributed by atoms with Crippen molar-refractivity contribution in [1.29, 1.82) is 0 Å². The summed E-state index contributed by atoms with van der Waals surface area (Å²) in [6.07, 6.45) is 1.78. The summed E-state index contributed by atoms with van der Waals surface area (Å²) in [6.45, 7) is 4.86. The first-order valence-corrected chi connectivity index (χ1v) is 4.80. The Morgan fingerprint density at radius 1 is 1.57 bits per heavy atom. The molecular weight excluding hydrogens is 176 g/mol. The molecule has 2 N–H and O–H groups in total. The Morgan fingerprint density at radius 2 is 2.36 bits per heavy atom. The van der Waals surface area contributed by atoms with E-state index in [-0.39, 0.29) is 6.04 Å². The van der Waals surface area contributed by atoms with Gasteiger partial charge in [-0.3, -0.25) is 0 Å². The standard InChI is InChI=1S/C10H14N4/c1-3-14-9(7(2)11)13-8-5-4-6-12-10(8)14/h4-7H,3,11H2,1-2H3. The Kier molecular flexibility index (Phi) is 2.21. The first kappa shape index (κ1) is 9.15. The Balaban J connectivity index is 2.72. The number of hydrogen-bond donors (Lipinski definition) is 1. The lowest BCUT2D eigenvalue weighted by atomic mass is 10.3. The number of aryl methyl sites for hydroxylation is 1. The second-order valence-corrected chi connectivity index (χ2v) is 3.35. The second kappa shape index (κ2) is 3.38. The lowest BCUT2D eigenvalue weighted by Crippen LogP contribution is -2.13. The number of pyridine rings is 1. The number of nitrogens with zero attached hydrogens (tertiary/aromatic N) is 3. The molecule has 4 nitrogen and oxygen atoms in total. The largest absolute Gasteiger partial charge is 0.322 e. The number of imidazole rings is 1. The molecule has 2 rings (SSSR count). The summed E-state index contributed by atoms with van der Waals surface area (Å²) in [5.41, 5.74) is 7.68. The second-order valence-electron chi connectivity index (χ2n) is 3.35. The number of hydrogen-bond acceptors (Lipinski definition) is 3.